The lowest BCUT2D eigenvalue weighted by Gasteiger charge is -2.40. The molecule has 16 atom stereocenters. The Bertz CT molecular complexity index is 837. The zero-order chi connectivity index (χ0) is 39.8. The van der Waals surface area contributed by atoms with Gasteiger partial charge in [-0.15, -0.1) is 0 Å². The van der Waals surface area contributed by atoms with E-state index in [1.165, 1.54) is 77.0 Å². The molecule has 0 aliphatic carbocycles. The normalized spacial score (nSPS) is 22.5. The molecule has 0 amide bonds. The van der Waals surface area contributed by atoms with Crippen molar-refractivity contribution >= 4 is 0 Å². The minimum absolute atomic E-state index is 0.439. The Morgan fingerprint density at radius 2 is 0.745 bits per heavy atom. The summed E-state index contributed by atoms with van der Waals surface area (Å²) in [6.45, 7) is 53.0. The maximum atomic E-state index is 2.58. The molecule has 0 saturated carbocycles. The van der Waals surface area contributed by atoms with Gasteiger partial charge in [-0.05, 0) is 119 Å². The van der Waals surface area contributed by atoms with Crippen LogP contribution in [0.3, 0.4) is 0 Å². The lowest BCUT2D eigenvalue weighted by Crippen LogP contribution is -2.33. The van der Waals surface area contributed by atoms with E-state index in [-0.39, 0.29) is 0 Å². The molecule has 51 heavy (non-hydrogen) atoms. The van der Waals surface area contributed by atoms with Crippen molar-refractivity contribution in [1.29, 1.82) is 0 Å². The molecule has 308 valence electrons. The van der Waals surface area contributed by atoms with Crippen LogP contribution in [-0.2, 0) is 0 Å². The molecule has 0 aromatic heterocycles. The van der Waals surface area contributed by atoms with Crippen LogP contribution in [0.4, 0.5) is 0 Å². The van der Waals surface area contributed by atoms with E-state index in [0.717, 1.165) is 101 Å². The highest BCUT2D eigenvalue weighted by atomic mass is 14.4. The van der Waals surface area contributed by atoms with Gasteiger partial charge in [0.05, 0.1) is 0 Å². The highest BCUT2D eigenvalue weighted by Crippen LogP contribution is 2.43. The molecule has 0 aliphatic heterocycles. The predicted molar refractivity (Wildman–Crippen MR) is 236 cm³/mol. The number of unbranched alkanes of at least 4 members (excludes halogenated alkanes) is 2. The summed E-state index contributed by atoms with van der Waals surface area (Å²) in [4.78, 5) is 0. The molecule has 0 fully saturated rings. The van der Waals surface area contributed by atoms with Gasteiger partial charge in [0.15, 0.2) is 0 Å². The van der Waals surface area contributed by atoms with Crippen LogP contribution in [0.15, 0.2) is 0 Å². The molecule has 0 aromatic carbocycles. The van der Waals surface area contributed by atoms with E-state index in [1.54, 1.807) is 0 Å². The minimum Gasteiger partial charge on any atom is -0.0654 e. The van der Waals surface area contributed by atoms with Gasteiger partial charge in [-0.1, -0.05) is 210 Å². The summed E-state index contributed by atoms with van der Waals surface area (Å²) in [7, 11) is 0. The number of rotatable bonds is 29. The fraction of sp³-hybridized carbons (Fsp3) is 1.00. The first-order chi connectivity index (χ1) is 23.5. The Hall–Kier alpha value is 0. The minimum atomic E-state index is 0.439. The molecule has 0 radical (unpaired) electrons. The van der Waals surface area contributed by atoms with E-state index in [2.05, 4.69) is 145 Å². The van der Waals surface area contributed by atoms with Crippen molar-refractivity contribution in [3.8, 4) is 0 Å². The van der Waals surface area contributed by atoms with Crippen LogP contribution in [0.25, 0.3) is 0 Å². The van der Waals surface area contributed by atoms with Gasteiger partial charge in [0.2, 0.25) is 0 Å². The van der Waals surface area contributed by atoms with Crippen molar-refractivity contribution in [1.82, 2.24) is 0 Å². The summed E-state index contributed by atoms with van der Waals surface area (Å²) < 4.78 is 0. The molecule has 0 aliphatic rings. The quantitative estimate of drug-likeness (QED) is 0.0676. The van der Waals surface area contributed by atoms with Gasteiger partial charge in [-0.25, -0.2) is 0 Å². The highest BCUT2D eigenvalue weighted by Gasteiger charge is 2.34. The fourth-order valence-corrected chi connectivity index (χ4v) is 9.96. The van der Waals surface area contributed by atoms with Gasteiger partial charge in [-0.2, -0.15) is 0 Å². The van der Waals surface area contributed by atoms with Gasteiger partial charge < -0.3 is 0 Å². The molecule has 0 spiro atoms. The zero-order valence-electron chi connectivity index (χ0n) is 39.8. The molecular formula is C51H104. The molecular weight excluding hydrogens is 613 g/mol. The molecule has 0 aromatic rings. The Balaban J connectivity index is 5.00. The summed E-state index contributed by atoms with van der Waals surface area (Å²) in [5.74, 6) is 13.7. The first-order valence-corrected chi connectivity index (χ1v) is 23.5. The number of hydrogen-bond acceptors (Lipinski definition) is 0. The molecule has 0 heterocycles. The average molecular weight is 717 g/mol. The van der Waals surface area contributed by atoms with E-state index in [0.29, 0.717) is 5.41 Å². The van der Waals surface area contributed by atoms with Crippen LogP contribution in [0.5, 0.6) is 0 Å². The Morgan fingerprint density at radius 1 is 0.373 bits per heavy atom. The molecule has 0 rings (SSSR count). The third-order valence-electron chi connectivity index (χ3n) is 17.6. The monoisotopic (exact) mass is 717 g/mol. The average Bonchev–Trinajstić information content (AvgIpc) is 3.09. The molecule has 16 unspecified atom stereocenters. The molecule has 0 nitrogen and oxygen atoms in total. The van der Waals surface area contributed by atoms with Gasteiger partial charge in [0.25, 0.3) is 0 Å². The molecule has 0 bridgehead atoms. The summed E-state index contributed by atoms with van der Waals surface area (Å²) in [6.07, 6.45) is 16.7. The van der Waals surface area contributed by atoms with E-state index in [4.69, 9.17) is 0 Å². The van der Waals surface area contributed by atoms with Crippen molar-refractivity contribution in [2.24, 2.45) is 106 Å². The maximum absolute atomic E-state index is 2.58. The van der Waals surface area contributed by atoms with E-state index >= 15 is 0 Å². The third-order valence-corrected chi connectivity index (χ3v) is 17.6. The van der Waals surface area contributed by atoms with Gasteiger partial charge in [-0.3, -0.25) is 0 Å². The lowest BCUT2D eigenvalue weighted by atomic mass is 9.65. The van der Waals surface area contributed by atoms with Gasteiger partial charge >= 0.3 is 0 Å². The summed E-state index contributed by atoms with van der Waals surface area (Å²) in [5, 5.41) is 0. The largest absolute Gasteiger partial charge is 0.0654 e. The lowest BCUT2D eigenvalue weighted by molar-refractivity contribution is 0.0868. The fourth-order valence-electron chi connectivity index (χ4n) is 9.96. The second-order valence-electron chi connectivity index (χ2n) is 21.5. The molecule has 0 heteroatoms. The van der Waals surface area contributed by atoms with Crippen molar-refractivity contribution in [2.75, 3.05) is 0 Å². The molecule has 0 N–H and O–H groups in total. The van der Waals surface area contributed by atoms with Crippen LogP contribution in [-0.4, -0.2) is 0 Å². The maximum Gasteiger partial charge on any atom is -0.0328 e. The molecule has 0 saturated heterocycles. The van der Waals surface area contributed by atoms with Gasteiger partial charge in [0.1, 0.15) is 0 Å². The first kappa shape index (κ1) is 51.0. The van der Waals surface area contributed by atoms with Crippen LogP contribution < -0.4 is 0 Å². The summed E-state index contributed by atoms with van der Waals surface area (Å²) in [6, 6.07) is 0. The topological polar surface area (TPSA) is 0 Å². The van der Waals surface area contributed by atoms with E-state index in [1.807, 2.05) is 0 Å². The zero-order valence-corrected chi connectivity index (χ0v) is 39.8. The Labute approximate surface area is 327 Å². The summed E-state index contributed by atoms with van der Waals surface area (Å²) in [5.41, 5.74) is 0.439. The van der Waals surface area contributed by atoms with E-state index < -0.39 is 0 Å². The predicted octanol–water partition coefficient (Wildman–Crippen LogP) is 17.5. The Kier molecular flexibility index (Phi) is 25.2. The van der Waals surface area contributed by atoms with Crippen molar-refractivity contribution in [2.45, 2.75) is 222 Å². The second-order valence-corrected chi connectivity index (χ2v) is 21.5. The smallest absolute Gasteiger partial charge is 0.0328 e. The second kappa shape index (κ2) is 25.2. The van der Waals surface area contributed by atoms with Crippen LogP contribution in [0.1, 0.15) is 222 Å². The Morgan fingerprint density at radius 3 is 1.16 bits per heavy atom. The van der Waals surface area contributed by atoms with Crippen LogP contribution in [0, 0.1) is 106 Å². The van der Waals surface area contributed by atoms with Gasteiger partial charge in [0, 0.05) is 0 Å². The number of hydrogen-bond donors (Lipinski definition) is 0. The third kappa shape index (κ3) is 17.6. The van der Waals surface area contributed by atoms with Crippen molar-refractivity contribution in [3.63, 3.8) is 0 Å². The summed E-state index contributed by atoms with van der Waals surface area (Å²) >= 11 is 0. The standard InChI is InChI=1S/C51H104/c1-22-24-25-28-40(10)50(33-51(20,21)34(3)4)32-35(5)27-26-29-37(7)42(12)43(13)38(8)30-31-39(9)44(14)46(16)48(18)49(19)47(17)45(15)41(11)36(6)23-2/h34-50H,22-33H2,1-21H3. The van der Waals surface area contributed by atoms with Crippen LogP contribution in [0.2, 0.25) is 0 Å². The highest BCUT2D eigenvalue weighted by molar-refractivity contribution is 4.84. The van der Waals surface area contributed by atoms with Crippen molar-refractivity contribution < 1.29 is 0 Å². The first-order valence-electron chi connectivity index (χ1n) is 23.5. The van der Waals surface area contributed by atoms with Crippen LogP contribution >= 0.6 is 0 Å². The SMILES string of the molecule is CCCCCC(C)C(CC(C)CCCC(C)C(C)C(C)C(C)CCC(C)C(C)C(C)C(C)C(C)C(C)C(C)C(C)C(C)CC)CC(C)(C)C(C)C. The van der Waals surface area contributed by atoms with E-state index in [9.17, 15) is 0 Å². The van der Waals surface area contributed by atoms with Crippen molar-refractivity contribution in [3.05, 3.63) is 0 Å².